The number of carbonyl (C=O) groups is 1. The van der Waals surface area contributed by atoms with E-state index in [9.17, 15) is 18.3 Å². The Hall–Kier alpha value is -2.03. The predicted molar refractivity (Wildman–Crippen MR) is 99.8 cm³/mol. The maximum atomic E-state index is 12.4. The Morgan fingerprint density at radius 1 is 1.19 bits per heavy atom. The molecule has 0 heterocycles. The van der Waals surface area contributed by atoms with Crippen molar-refractivity contribution in [1.29, 1.82) is 0 Å². The summed E-state index contributed by atoms with van der Waals surface area (Å²) >= 11 is 1.43. The first kappa shape index (κ1) is 20.3. The van der Waals surface area contributed by atoms with E-state index in [4.69, 9.17) is 4.74 Å². The smallest absolute Gasteiger partial charge is 0.241 e. The number of nitrogens with one attached hydrogen (secondary N) is 1. The van der Waals surface area contributed by atoms with Crippen molar-refractivity contribution in [2.75, 3.05) is 12.0 Å². The number of ether oxygens (including phenoxy) is 1. The molecule has 2 rings (SSSR count). The Morgan fingerprint density at radius 3 is 2.42 bits per heavy atom. The molecule has 0 saturated heterocycles. The Kier molecular flexibility index (Phi) is 7.07. The van der Waals surface area contributed by atoms with Gasteiger partial charge in [0.05, 0.1) is 16.9 Å². The summed E-state index contributed by atoms with van der Waals surface area (Å²) in [6.45, 7) is 1.91. The topological polar surface area (TPSA) is 95.5 Å². The van der Waals surface area contributed by atoms with Gasteiger partial charge in [0.25, 0.3) is 0 Å². The van der Waals surface area contributed by atoms with Gasteiger partial charge >= 0.3 is 0 Å². The van der Waals surface area contributed by atoms with Gasteiger partial charge in [-0.25, -0.2) is 13.1 Å². The first-order valence-corrected chi connectivity index (χ1v) is 10.8. The molecule has 0 aliphatic rings. The zero-order valence-corrected chi connectivity index (χ0v) is 16.1. The first-order valence-electron chi connectivity index (χ1n) is 7.89. The highest BCUT2D eigenvalue weighted by molar-refractivity contribution is 7.98. The fourth-order valence-corrected chi connectivity index (χ4v) is 3.89. The number of benzene rings is 2. The highest BCUT2D eigenvalue weighted by Crippen LogP contribution is 2.25. The van der Waals surface area contributed by atoms with Crippen molar-refractivity contribution in [2.24, 2.45) is 0 Å². The molecule has 1 atom stereocenters. The molecule has 0 saturated carbocycles. The number of rotatable bonds is 9. The van der Waals surface area contributed by atoms with Crippen LogP contribution in [0, 0.1) is 6.92 Å². The van der Waals surface area contributed by atoms with Crippen LogP contribution < -0.4 is 14.6 Å². The summed E-state index contributed by atoms with van der Waals surface area (Å²) in [6.07, 6.45) is 1.96. The minimum Gasteiger partial charge on any atom is -0.548 e. The van der Waals surface area contributed by atoms with Gasteiger partial charge in [0, 0.05) is 0 Å². The van der Waals surface area contributed by atoms with E-state index in [0.717, 1.165) is 5.56 Å². The van der Waals surface area contributed by atoms with E-state index in [2.05, 4.69) is 4.72 Å². The van der Waals surface area contributed by atoms with Crippen LogP contribution in [-0.4, -0.2) is 32.4 Å². The number of carbonyl (C=O) groups excluding carboxylic acids is 1. The van der Waals surface area contributed by atoms with Crippen LogP contribution in [0.2, 0.25) is 0 Å². The second-order valence-corrected chi connectivity index (χ2v) is 8.31. The van der Waals surface area contributed by atoms with Crippen LogP contribution in [0.5, 0.6) is 11.5 Å². The minimum absolute atomic E-state index is 0.0370. The number of carboxylic acids is 1. The van der Waals surface area contributed by atoms with E-state index in [0.29, 0.717) is 17.3 Å². The summed E-state index contributed by atoms with van der Waals surface area (Å²) in [4.78, 5) is 11.1. The van der Waals surface area contributed by atoms with Gasteiger partial charge in [-0.15, -0.1) is 0 Å². The SMILES string of the molecule is CSCC[C@H](NS(=O)(=O)c1ccc(Oc2ccccc2C)cc1)C(=O)[O-]. The zero-order valence-electron chi connectivity index (χ0n) is 14.5. The van der Waals surface area contributed by atoms with Crippen molar-refractivity contribution in [3.63, 3.8) is 0 Å². The summed E-state index contributed by atoms with van der Waals surface area (Å²) in [5.74, 6) is 0.221. The van der Waals surface area contributed by atoms with Gasteiger partial charge < -0.3 is 14.6 Å². The van der Waals surface area contributed by atoms with E-state index in [1.165, 1.54) is 36.0 Å². The van der Waals surface area contributed by atoms with Gasteiger partial charge in [-0.2, -0.15) is 11.8 Å². The third-order valence-corrected chi connectivity index (χ3v) is 5.78. The van der Waals surface area contributed by atoms with E-state index in [1.54, 1.807) is 0 Å². The van der Waals surface area contributed by atoms with Crippen molar-refractivity contribution >= 4 is 27.8 Å². The Morgan fingerprint density at radius 2 is 1.85 bits per heavy atom. The molecule has 0 aliphatic carbocycles. The predicted octanol–water partition coefficient (Wildman–Crippen LogP) is 1.94. The number of para-hydroxylation sites is 1. The van der Waals surface area contributed by atoms with Gasteiger partial charge in [-0.3, -0.25) is 0 Å². The molecule has 0 aromatic heterocycles. The molecular weight excluding hydrogens is 374 g/mol. The number of aliphatic carboxylic acids is 1. The summed E-state index contributed by atoms with van der Waals surface area (Å²) in [6, 6.07) is 12.0. The lowest BCUT2D eigenvalue weighted by molar-refractivity contribution is -0.308. The molecule has 2 aromatic rings. The molecule has 0 amide bonds. The lowest BCUT2D eigenvalue weighted by Gasteiger charge is -2.19. The number of hydrogen-bond acceptors (Lipinski definition) is 6. The summed E-state index contributed by atoms with van der Waals surface area (Å²) in [5, 5.41) is 11.1. The highest BCUT2D eigenvalue weighted by atomic mass is 32.2. The second-order valence-electron chi connectivity index (χ2n) is 5.61. The Bertz CT molecular complexity index is 850. The largest absolute Gasteiger partial charge is 0.548 e. The second kappa shape index (κ2) is 9.07. The normalized spacial score (nSPS) is 12.5. The van der Waals surface area contributed by atoms with E-state index < -0.39 is 22.0 Å². The van der Waals surface area contributed by atoms with Gasteiger partial charge in [0.15, 0.2) is 0 Å². The third-order valence-electron chi connectivity index (χ3n) is 3.65. The fraction of sp³-hybridized carbons (Fsp3) is 0.278. The summed E-state index contributed by atoms with van der Waals surface area (Å²) in [7, 11) is -3.97. The van der Waals surface area contributed by atoms with Crippen LogP contribution in [0.4, 0.5) is 0 Å². The van der Waals surface area contributed by atoms with E-state index >= 15 is 0 Å². The molecule has 0 fully saturated rings. The number of thioether (sulfide) groups is 1. The number of hydrogen-bond donors (Lipinski definition) is 1. The molecule has 26 heavy (non-hydrogen) atoms. The van der Waals surface area contributed by atoms with Crippen molar-refractivity contribution in [2.45, 2.75) is 24.3 Å². The summed E-state index contributed by atoms with van der Waals surface area (Å²) in [5.41, 5.74) is 0.955. The van der Waals surface area contributed by atoms with Gasteiger partial charge in [-0.1, -0.05) is 18.2 Å². The first-order chi connectivity index (χ1) is 12.3. The highest BCUT2D eigenvalue weighted by Gasteiger charge is 2.20. The Balaban J connectivity index is 2.13. The number of carboxylic acid groups (broad SMARTS) is 1. The maximum Gasteiger partial charge on any atom is 0.241 e. The van der Waals surface area contributed by atoms with Crippen LogP contribution in [-0.2, 0) is 14.8 Å². The molecular formula is C18H20NO5S2-. The quantitative estimate of drug-likeness (QED) is 0.698. The average molecular weight is 394 g/mol. The number of sulfonamides is 1. The van der Waals surface area contributed by atoms with Crippen LogP contribution in [0.15, 0.2) is 53.4 Å². The lowest BCUT2D eigenvalue weighted by atomic mass is 10.2. The standard InChI is InChI=1S/C18H21NO5S2/c1-13-5-3-4-6-17(13)24-14-7-9-15(10-8-14)26(22,23)19-16(18(20)21)11-12-25-2/h3-10,16,19H,11-12H2,1-2H3,(H,20,21)/p-1/t16-/m0/s1. The summed E-state index contributed by atoms with van der Waals surface area (Å²) < 4.78 is 32.7. The molecule has 0 radical (unpaired) electrons. The van der Waals surface area contributed by atoms with E-state index in [1.807, 2.05) is 37.4 Å². The molecule has 0 spiro atoms. The molecule has 0 unspecified atom stereocenters. The van der Waals surface area contributed by atoms with Gasteiger partial charge in [-0.05, 0) is 61.2 Å². The van der Waals surface area contributed by atoms with Crippen molar-refractivity contribution in [1.82, 2.24) is 4.72 Å². The number of aryl methyl sites for hydroxylation is 1. The van der Waals surface area contributed by atoms with Crippen molar-refractivity contribution < 1.29 is 23.1 Å². The lowest BCUT2D eigenvalue weighted by Crippen LogP contribution is -2.48. The van der Waals surface area contributed by atoms with Crippen LogP contribution >= 0.6 is 11.8 Å². The molecule has 8 heteroatoms. The minimum atomic E-state index is -3.97. The van der Waals surface area contributed by atoms with Crippen molar-refractivity contribution in [3.8, 4) is 11.5 Å². The fourth-order valence-electron chi connectivity index (χ4n) is 2.20. The molecule has 1 N–H and O–H groups in total. The molecule has 2 aromatic carbocycles. The van der Waals surface area contributed by atoms with E-state index in [-0.39, 0.29) is 11.3 Å². The molecule has 0 aliphatic heterocycles. The third kappa shape index (κ3) is 5.48. The average Bonchev–Trinajstić information content (AvgIpc) is 2.61. The zero-order chi connectivity index (χ0) is 19.2. The maximum absolute atomic E-state index is 12.4. The van der Waals surface area contributed by atoms with Crippen LogP contribution in [0.1, 0.15) is 12.0 Å². The van der Waals surface area contributed by atoms with Gasteiger partial charge in [0.1, 0.15) is 11.5 Å². The molecule has 0 bridgehead atoms. The Labute approximate surface area is 157 Å². The monoisotopic (exact) mass is 394 g/mol. The van der Waals surface area contributed by atoms with Gasteiger partial charge in [0.2, 0.25) is 10.0 Å². The van der Waals surface area contributed by atoms with Crippen LogP contribution in [0.3, 0.4) is 0 Å². The molecule has 6 nitrogen and oxygen atoms in total. The van der Waals surface area contributed by atoms with Crippen LogP contribution in [0.25, 0.3) is 0 Å². The molecule has 140 valence electrons. The van der Waals surface area contributed by atoms with Crippen molar-refractivity contribution in [3.05, 3.63) is 54.1 Å².